The van der Waals surface area contributed by atoms with Gasteiger partial charge in [0, 0.05) is 12.3 Å². The van der Waals surface area contributed by atoms with E-state index in [-0.39, 0.29) is 12.0 Å². The zero-order chi connectivity index (χ0) is 13.8. The number of anilines is 1. The number of rotatable bonds is 3. The lowest BCUT2D eigenvalue weighted by molar-refractivity contribution is -0.124. The van der Waals surface area contributed by atoms with Gasteiger partial charge in [-0.1, -0.05) is 42.5 Å². The third kappa shape index (κ3) is 2.89. The zero-order valence-electron chi connectivity index (χ0n) is 11.2. The molecule has 102 valence electrons. The van der Waals surface area contributed by atoms with Gasteiger partial charge in [-0.2, -0.15) is 0 Å². The van der Waals surface area contributed by atoms with Gasteiger partial charge in [-0.15, -0.1) is 0 Å². The van der Waals surface area contributed by atoms with Gasteiger partial charge in [0.1, 0.15) is 6.10 Å². The van der Waals surface area contributed by atoms with Gasteiger partial charge in [-0.25, -0.2) is 0 Å². The van der Waals surface area contributed by atoms with Crippen LogP contribution in [0.1, 0.15) is 12.8 Å². The first-order valence-electron chi connectivity index (χ1n) is 6.91. The minimum atomic E-state index is -0.288. The summed E-state index contributed by atoms with van der Waals surface area (Å²) in [4.78, 5) is 11.9. The molecule has 0 radical (unpaired) electrons. The fourth-order valence-corrected chi connectivity index (χ4v) is 2.38. The zero-order valence-corrected chi connectivity index (χ0v) is 11.2. The topological polar surface area (TPSA) is 38.3 Å². The number of hydrogen-bond acceptors (Lipinski definition) is 2. The first kappa shape index (κ1) is 12.9. The first-order valence-corrected chi connectivity index (χ1v) is 6.91. The van der Waals surface area contributed by atoms with E-state index in [1.54, 1.807) is 0 Å². The molecule has 1 aliphatic rings. The third-order valence-electron chi connectivity index (χ3n) is 3.48. The Kier molecular flexibility index (Phi) is 3.79. The highest BCUT2D eigenvalue weighted by molar-refractivity contribution is 5.94. The summed E-state index contributed by atoms with van der Waals surface area (Å²) in [5, 5.41) is 2.90. The van der Waals surface area contributed by atoms with Crippen molar-refractivity contribution in [2.24, 2.45) is 0 Å². The second-order valence-corrected chi connectivity index (χ2v) is 4.93. The monoisotopic (exact) mass is 267 g/mol. The van der Waals surface area contributed by atoms with Crippen molar-refractivity contribution in [2.75, 3.05) is 11.9 Å². The highest BCUT2D eigenvalue weighted by Crippen LogP contribution is 2.21. The van der Waals surface area contributed by atoms with Crippen LogP contribution < -0.4 is 5.32 Å². The normalized spacial score (nSPS) is 17.9. The summed E-state index contributed by atoms with van der Waals surface area (Å²) < 4.78 is 5.37. The van der Waals surface area contributed by atoms with Crippen LogP contribution in [0.5, 0.6) is 0 Å². The summed E-state index contributed by atoms with van der Waals surface area (Å²) in [6, 6.07) is 18.1. The van der Waals surface area contributed by atoms with Gasteiger partial charge in [-0.05, 0) is 36.1 Å². The van der Waals surface area contributed by atoms with Crippen molar-refractivity contribution in [3.8, 4) is 11.1 Å². The molecule has 2 aromatic carbocycles. The van der Waals surface area contributed by atoms with E-state index in [1.807, 2.05) is 42.5 Å². The fraction of sp³-hybridized carbons (Fsp3) is 0.235. The minimum absolute atomic E-state index is 0.0463. The Morgan fingerprint density at radius 3 is 2.35 bits per heavy atom. The number of carbonyl (C=O) groups excluding carboxylic acids is 1. The van der Waals surface area contributed by atoms with Crippen LogP contribution in [0.3, 0.4) is 0 Å². The Morgan fingerprint density at radius 1 is 1.00 bits per heavy atom. The molecule has 3 nitrogen and oxygen atoms in total. The molecule has 0 aromatic heterocycles. The lowest BCUT2D eigenvalue weighted by Crippen LogP contribution is -2.26. The van der Waals surface area contributed by atoms with Gasteiger partial charge in [0.2, 0.25) is 0 Å². The molecule has 0 aliphatic carbocycles. The maximum absolute atomic E-state index is 11.9. The van der Waals surface area contributed by atoms with Crippen molar-refractivity contribution < 1.29 is 9.53 Å². The van der Waals surface area contributed by atoms with Crippen LogP contribution in [0.25, 0.3) is 11.1 Å². The Labute approximate surface area is 118 Å². The molecule has 0 bridgehead atoms. The molecule has 3 rings (SSSR count). The van der Waals surface area contributed by atoms with E-state index in [1.165, 1.54) is 5.56 Å². The van der Waals surface area contributed by atoms with E-state index < -0.39 is 0 Å². The molecule has 2 aromatic rings. The van der Waals surface area contributed by atoms with Crippen molar-refractivity contribution in [1.82, 2.24) is 0 Å². The predicted molar refractivity (Wildman–Crippen MR) is 79.5 cm³/mol. The number of benzene rings is 2. The van der Waals surface area contributed by atoms with Crippen LogP contribution in [-0.2, 0) is 9.53 Å². The summed E-state index contributed by atoms with van der Waals surface area (Å²) >= 11 is 0. The van der Waals surface area contributed by atoms with Crippen LogP contribution in [0.2, 0.25) is 0 Å². The molecular weight excluding hydrogens is 250 g/mol. The van der Waals surface area contributed by atoms with Crippen LogP contribution in [-0.4, -0.2) is 18.6 Å². The summed E-state index contributed by atoms with van der Waals surface area (Å²) in [5.74, 6) is -0.0463. The maximum atomic E-state index is 11.9. The maximum Gasteiger partial charge on any atom is 0.253 e. The van der Waals surface area contributed by atoms with E-state index in [0.29, 0.717) is 6.61 Å². The predicted octanol–water partition coefficient (Wildman–Crippen LogP) is 3.47. The van der Waals surface area contributed by atoms with E-state index in [9.17, 15) is 4.79 Å². The number of ether oxygens (including phenoxy) is 1. The van der Waals surface area contributed by atoms with Crippen molar-refractivity contribution in [2.45, 2.75) is 18.9 Å². The number of amides is 1. The number of nitrogens with one attached hydrogen (secondary N) is 1. The molecule has 1 saturated heterocycles. The lowest BCUT2D eigenvalue weighted by atomic mass is 10.1. The second-order valence-electron chi connectivity index (χ2n) is 4.93. The van der Waals surface area contributed by atoms with Gasteiger partial charge in [0.25, 0.3) is 5.91 Å². The highest BCUT2D eigenvalue weighted by Gasteiger charge is 2.23. The molecule has 1 atom stereocenters. The van der Waals surface area contributed by atoms with Crippen molar-refractivity contribution in [1.29, 1.82) is 0 Å². The lowest BCUT2D eigenvalue weighted by Gasteiger charge is -2.11. The van der Waals surface area contributed by atoms with E-state index >= 15 is 0 Å². The van der Waals surface area contributed by atoms with Gasteiger partial charge >= 0.3 is 0 Å². The Balaban J connectivity index is 1.68. The summed E-state index contributed by atoms with van der Waals surface area (Å²) in [5.41, 5.74) is 3.12. The van der Waals surface area contributed by atoms with Crippen LogP contribution >= 0.6 is 0 Å². The van der Waals surface area contributed by atoms with Gasteiger partial charge < -0.3 is 10.1 Å². The van der Waals surface area contributed by atoms with E-state index in [0.717, 1.165) is 24.1 Å². The highest BCUT2D eigenvalue weighted by atomic mass is 16.5. The van der Waals surface area contributed by atoms with Gasteiger partial charge in [0.15, 0.2) is 0 Å². The average molecular weight is 267 g/mol. The number of carbonyl (C=O) groups is 1. The van der Waals surface area contributed by atoms with Gasteiger partial charge in [0.05, 0.1) is 0 Å². The molecular formula is C17H17NO2. The van der Waals surface area contributed by atoms with Crippen LogP contribution in [0.4, 0.5) is 5.69 Å². The summed E-state index contributed by atoms with van der Waals surface area (Å²) in [7, 11) is 0. The SMILES string of the molecule is O=C(Nc1ccc(-c2ccccc2)cc1)[C@@H]1CCCO1. The molecule has 0 spiro atoms. The van der Waals surface area contributed by atoms with Crippen LogP contribution in [0, 0.1) is 0 Å². The largest absolute Gasteiger partial charge is 0.368 e. The van der Waals surface area contributed by atoms with Crippen molar-refractivity contribution in [3.05, 3.63) is 54.6 Å². The van der Waals surface area contributed by atoms with Crippen LogP contribution in [0.15, 0.2) is 54.6 Å². The molecule has 1 amide bonds. The first-order chi connectivity index (χ1) is 9.83. The Bertz CT molecular complexity index is 572. The standard InChI is InChI=1S/C17H17NO2/c19-17(16-7-4-12-20-16)18-15-10-8-14(9-11-15)13-5-2-1-3-6-13/h1-3,5-6,8-11,16H,4,7,12H2,(H,18,19)/t16-/m0/s1. The molecule has 1 fully saturated rings. The molecule has 1 aliphatic heterocycles. The molecule has 0 saturated carbocycles. The minimum Gasteiger partial charge on any atom is -0.368 e. The smallest absolute Gasteiger partial charge is 0.253 e. The van der Waals surface area contributed by atoms with E-state index in [4.69, 9.17) is 4.74 Å². The quantitative estimate of drug-likeness (QED) is 0.924. The summed E-state index contributed by atoms with van der Waals surface area (Å²) in [6.07, 6.45) is 1.49. The molecule has 3 heteroatoms. The Hall–Kier alpha value is -2.13. The molecule has 1 heterocycles. The third-order valence-corrected chi connectivity index (χ3v) is 3.48. The van der Waals surface area contributed by atoms with Crippen molar-refractivity contribution >= 4 is 11.6 Å². The van der Waals surface area contributed by atoms with Crippen molar-refractivity contribution in [3.63, 3.8) is 0 Å². The van der Waals surface area contributed by atoms with E-state index in [2.05, 4.69) is 17.4 Å². The molecule has 1 N–H and O–H groups in total. The fourth-order valence-electron chi connectivity index (χ4n) is 2.38. The summed E-state index contributed by atoms with van der Waals surface area (Å²) in [6.45, 7) is 0.686. The molecule has 0 unspecified atom stereocenters. The Morgan fingerprint density at radius 2 is 1.70 bits per heavy atom. The molecule has 20 heavy (non-hydrogen) atoms. The number of hydrogen-bond donors (Lipinski definition) is 1. The van der Waals surface area contributed by atoms with Gasteiger partial charge in [-0.3, -0.25) is 4.79 Å². The second kappa shape index (κ2) is 5.88. The average Bonchev–Trinajstić information content (AvgIpc) is 3.03.